The monoisotopic (exact) mass is 402 g/mol. The number of methoxy groups -OCH3 is 1. The maximum atomic E-state index is 12.5. The minimum Gasteiger partial charge on any atom is -0.493 e. The van der Waals surface area contributed by atoms with Gasteiger partial charge in [-0.3, -0.25) is 14.9 Å². The van der Waals surface area contributed by atoms with Crippen LogP contribution in [-0.2, 0) is 9.53 Å². The van der Waals surface area contributed by atoms with E-state index >= 15 is 0 Å². The molecular weight excluding hydrogens is 380 g/mol. The fraction of sp³-hybridized carbons (Fsp3) is 0.300. The number of hydrogen-bond donors (Lipinski definition) is 1. The van der Waals surface area contributed by atoms with Crippen LogP contribution in [0.15, 0.2) is 42.5 Å². The lowest BCUT2D eigenvalue weighted by atomic mass is 10.1. The van der Waals surface area contributed by atoms with Gasteiger partial charge < -0.3 is 19.5 Å². The predicted molar refractivity (Wildman–Crippen MR) is 104 cm³/mol. The molecule has 2 aromatic rings. The number of ether oxygens (including phenoxy) is 3. The summed E-state index contributed by atoms with van der Waals surface area (Å²) in [6.45, 7) is 3.44. The van der Waals surface area contributed by atoms with Crippen LogP contribution in [0.2, 0.25) is 0 Å². The number of hydrogen-bond acceptors (Lipinski definition) is 7. The highest BCUT2D eigenvalue weighted by molar-refractivity contribution is 5.98. The van der Waals surface area contributed by atoms with Gasteiger partial charge in [-0.1, -0.05) is 18.2 Å². The Morgan fingerprint density at radius 3 is 2.55 bits per heavy atom. The third-order valence-corrected chi connectivity index (χ3v) is 4.03. The van der Waals surface area contributed by atoms with Crippen LogP contribution < -0.4 is 14.8 Å². The summed E-state index contributed by atoms with van der Waals surface area (Å²) >= 11 is 0. The van der Waals surface area contributed by atoms with E-state index in [2.05, 4.69) is 5.32 Å². The molecular formula is C20H22N2O7. The second-order valence-electron chi connectivity index (χ2n) is 5.97. The zero-order valence-corrected chi connectivity index (χ0v) is 16.3. The predicted octanol–water partition coefficient (Wildman–Crippen LogP) is 3.04. The van der Waals surface area contributed by atoms with Gasteiger partial charge in [-0.25, -0.2) is 4.79 Å². The molecule has 1 amide bonds. The minimum absolute atomic E-state index is 0.0225. The Morgan fingerprint density at radius 1 is 1.17 bits per heavy atom. The van der Waals surface area contributed by atoms with Gasteiger partial charge in [0.25, 0.3) is 11.6 Å². The molecule has 2 aromatic carbocycles. The standard InChI is InChI=1S/C20H22N2O7/c1-4-28-19(23)12-29-17-10-9-14(11-18(17)27-3)13(2)21-20(24)15-7-5-6-8-16(15)22(25)26/h5-11,13H,4,12H2,1-3H3,(H,21,24)/t13-/m1/s1. The molecule has 0 fully saturated rings. The fourth-order valence-corrected chi connectivity index (χ4v) is 2.59. The molecule has 0 aliphatic rings. The van der Waals surface area contributed by atoms with Gasteiger partial charge in [0.05, 0.1) is 24.7 Å². The van der Waals surface area contributed by atoms with E-state index in [9.17, 15) is 19.7 Å². The van der Waals surface area contributed by atoms with Crippen LogP contribution in [0.5, 0.6) is 11.5 Å². The molecule has 0 heterocycles. The highest BCUT2D eigenvalue weighted by Gasteiger charge is 2.21. The Balaban J connectivity index is 2.13. The number of nitro groups is 1. The summed E-state index contributed by atoms with van der Waals surface area (Å²) in [7, 11) is 1.45. The summed E-state index contributed by atoms with van der Waals surface area (Å²) in [5.41, 5.74) is 0.403. The zero-order chi connectivity index (χ0) is 21.4. The first-order valence-electron chi connectivity index (χ1n) is 8.88. The molecule has 0 radical (unpaired) electrons. The van der Waals surface area contributed by atoms with E-state index in [0.717, 1.165) is 0 Å². The molecule has 0 aliphatic heterocycles. The smallest absolute Gasteiger partial charge is 0.344 e. The van der Waals surface area contributed by atoms with Crippen molar-refractivity contribution in [2.24, 2.45) is 0 Å². The van der Waals surface area contributed by atoms with Crippen molar-refractivity contribution >= 4 is 17.6 Å². The SMILES string of the molecule is CCOC(=O)COc1ccc([C@@H](C)NC(=O)c2ccccc2[N+](=O)[O-])cc1OC. The van der Waals surface area contributed by atoms with Crippen molar-refractivity contribution < 1.29 is 28.7 Å². The zero-order valence-electron chi connectivity index (χ0n) is 16.3. The molecule has 0 bridgehead atoms. The van der Waals surface area contributed by atoms with E-state index in [0.29, 0.717) is 17.1 Å². The second kappa shape index (κ2) is 10.1. The summed E-state index contributed by atoms with van der Waals surface area (Å²) in [6.07, 6.45) is 0. The van der Waals surface area contributed by atoms with Gasteiger partial charge in [0.15, 0.2) is 18.1 Å². The van der Waals surface area contributed by atoms with Gasteiger partial charge in [-0.05, 0) is 37.6 Å². The number of rotatable bonds is 9. The molecule has 2 rings (SSSR count). The van der Waals surface area contributed by atoms with E-state index < -0.39 is 22.8 Å². The summed E-state index contributed by atoms with van der Waals surface area (Å²) in [4.78, 5) is 34.4. The molecule has 0 saturated heterocycles. The number of para-hydroxylation sites is 1. The molecule has 1 N–H and O–H groups in total. The summed E-state index contributed by atoms with van der Waals surface area (Å²) in [5, 5.41) is 13.8. The van der Waals surface area contributed by atoms with E-state index in [4.69, 9.17) is 14.2 Å². The second-order valence-corrected chi connectivity index (χ2v) is 5.97. The van der Waals surface area contributed by atoms with Crippen LogP contribution in [0.25, 0.3) is 0 Å². The van der Waals surface area contributed by atoms with Crippen molar-refractivity contribution in [2.45, 2.75) is 19.9 Å². The third-order valence-electron chi connectivity index (χ3n) is 4.03. The Hall–Kier alpha value is -3.62. The van der Waals surface area contributed by atoms with Crippen molar-refractivity contribution in [1.82, 2.24) is 5.32 Å². The molecule has 154 valence electrons. The van der Waals surface area contributed by atoms with Gasteiger partial charge in [0, 0.05) is 6.07 Å². The molecule has 0 aliphatic carbocycles. The van der Waals surface area contributed by atoms with Crippen molar-refractivity contribution in [2.75, 3.05) is 20.3 Å². The van der Waals surface area contributed by atoms with Crippen LogP contribution in [0.3, 0.4) is 0 Å². The summed E-state index contributed by atoms with van der Waals surface area (Å²) in [6, 6.07) is 10.2. The van der Waals surface area contributed by atoms with Crippen LogP contribution in [0.1, 0.15) is 35.8 Å². The number of nitrogens with one attached hydrogen (secondary N) is 1. The van der Waals surface area contributed by atoms with Gasteiger partial charge in [-0.15, -0.1) is 0 Å². The molecule has 9 nitrogen and oxygen atoms in total. The van der Waals surface area contributed by atoms with Crippen molar-refractivity contribution in [3.05, 3.63) is 63.7 Å². The summed E-state index contributed by atoms with van der Waals surface area (Å²) in [5.74, 6) is -0.338. The van der Waals surface area contributed by atoms with E-state index in [1.54, 1.807) is 38.1 Å². The average Bonchev–Trinajstić information content (AvgIpc) is 2.72. The normalized spacial score (nSPS) is 11.3. The first-order valence-corrected chi connectivity index (χ1v) is 8.88. The van der Waals surface area contributed by atoms with Gasteiger partial charge >= 0.3 is 5.97 Å². The Morgan fingerprint density at radius 2 is 1.90 bits per heavy atom. The molecule has 1 atom stereocenters. The van der Waals surface area contributed by atoms with Crippen LogP contribution in [0.4, 0.5) is 5.69 Å². The number of benzene rings is 2. The fourth-order valence-electron chi connectivity index (χ4n) is 2.59. The molecule has 0 unspecified atom stereocenters. The Bertz CT molecular complexity index is 898. The summed E-state index contributed by atoms with van der Waals surface area (Å²) < 4.78 is 15.5. The minimum atomic E-state index is -0.599. The maximum absolute atomic E-state index is 12.5. The van der Waals surface area contributed by atoms with Crippen molar-refractivity contribution in [3.8, 4) is 11.5 Å². The first-order chi connectivity index (χ1) is 13.9. The first kappa shape index (κ1) is 21.7. The Labute approximate surface area is 167 Å². The van der Waals surface area contributed by atoms with E-state index in [-0.39, 0.29) is 24.5 Å². The van der Waals surface area contributed by atoms with Crippen molar-refractivity contribution in [1.29, 1.82) is 0 Å². The van der Waals surface area contributed by atoms with Crippen LogP contribution in [0, 0.1) is 10.1 Å². The van der Waals surface area contributed by atoms with Crippen LogP contribution >= 0.6 is 0 Å². The average molecular weight is 402 g/mol. The lowest BCUT2D eigenvalue weighted by molar-refractivity contribution is -0.385. The van der Waals surface area contributed by atoms with E-state index in [1.165, 1.54) is 25.3 Å². The highest BCUT2D eigenvalue weighted by Crippen LogP contribution is 2.30. The molecule has 0 saturated carbocycles. The largest absolute Gasteiger partial charge is 0.493 e. The Kier molecular flexibility index (Phi) is 7.53. The van der Waals surface area contributed by atoms with Gasteiger partial charge in [0.1, 0.15) is 5.56 Å². The number of nitrogens with zero attached hydrogens (tertiary/aromatic N) is 1. The molecule has 29 heavy (non-hydrogen) atoms. The highest BCUT2D eigenvalue weighted by atomic mass is 16.6. The quantitative estimate of drug-likeness (QED) is 0.389. The molecule has 0 spiro atoms. The number of esters is 1. The van der Waals surface area contributed by atoms with Crippen LogP contribution in [-0.4, -0.2) is 37.1 Å². The third kappa shape index (κ3) is 5.68. The maximum Gasteiger partial charge on any atom is 0.344 e. The molecule has 9 heteroatoms. The number of carbonyl (C=O) groups excluding carboxylic acids is 2. The molecule has 0 aromatic heterocycles. The number of amides is 1. The van der Waals surface area contributed by atoms with Crippen molar-refractivity contribution in [3.63, 3.8) is 0 Å². The number of nitro benzene ring substituents is 1. The lowest BCUT2D eigenvalue weighted by Crippen LogP contribution is -2.27. The van der Waals surface area contributed by atoms with Gasteiger partial charge in [0.2, 0.25) is 0 Å². The number of carbonyl (C=O) groups is 2. The van der Waals surface area contributed by atoms with E-state index in [1.807, 2.05) is 0 Å². The lowest BCUT2D eigenvalue weighted by Gasteiger charge is -2.17. The topological polar surface area (TPSA) is 117 Å². The van der Waals surface area contributed by atoms with Gasteiger partial charge in [-0.2, -0.15) is 0 Å².